The van der Waals surface area contributed by atoms with Gasteiger partial charge in [-0.1, -0.05) is 27.2 Å². The lowest BCUT2D eigenvalue weighted by Crippen LogP contribution is -2.27. The Hall–Kier alpha value is -0.610. The minimum absolute atomic E-state index is 0.774. The van der Waals surface area contributed by atoms with Crippen LogP contribution in [0.15, 0.2) is 6.20 Å². The third-order valence-electron chi connectivity index (χ3n) is 2.98. The zero-order valence-corrected chi connectivity index (χ0v) is 12.3. The molecule has 4 heteroatoms. The molecule has 1 atom stereocenters. The molecule has 0 aliphatic rings. The predicted molar refractivity (Wildman–Crippen MR) is 76.7 cm³/mol. The minimum Gasteiger partial charge on any atom is -0.362 e. The van der Waals surface area contributed by atoms with E-state index >= 15 is 0 Å². The summed E-state index contributed by atoms with van der Waals surface area (Å²) in [5, 5.41) is 4.30. The SMILES string of the molecule is CCNc1ncc(CN(CC)CC(C)CC)s1. The average molecular weight is 255 g/mol. The normalized spacial score (nSPS) is 13.0. The maximum Gasteiger partial charge on any atom is 0.182 e. The molecule has 3 nitrogen and oxygen atoms in total. The van der Waals surface area contributed by atoms with Gasteiger partial charge in [0.2, 0.25) is 0 Å². The van der Waals surface area contributed by atoms with Gasteiger partial charge in [-0.2, -0.15) is 0 Å². The van der Waals surface area contributed by atoms with Gasteiger partial charge in [0.15, 0.2) is 5.13 Å². The third kappa shape index (κ3) is 5.04. The Balaban J connectivity index is 2.48. The maximum atomic E-state index is 4.37. The van der Waals surface area contributed by atoms with Gasteiger partial charge in [-0.3, -0.25) is 4.90 Å². The number of thiazole rings is 1. The summed E-state index contributed by atoms with van der Waals surface area (Å²) in [5.74, 6) is 0.774. The van der Waals surface area contributed by atoms with Crippen molar-refractivity contribution in [3.05, 3.63) is 11.1 Å². The van der Waals surface area contributed by atoms with E-state index in [-0.39, 0.29) is 0 Å². The smallest absolute Gasteiger partial charge is 0.182 e. The van der Waals surface area contributed by atoms with Crippen molar-refractivity contribution in [3.63, 3.8) is 0 Å². The lowest BCUT2D eigenvalue weighted by Gasteiger charge is -2.22. The molecular weight excluding hydrogens is 230 g/mol. The number of anilines is 1. The van der Waals surface area contributed by atoms with Crippen LogP contribution >= 0.6 is 11.3 Å². The maximum absolute atomic E-state index is 4.37. The second-order valence-electron chi connectivity index (χ2n) is 4.50. The van der Waals surface area contributed by atoms with Gasteiger partial charge in [0.05, 0.1) is 0 Å². The van der Waals surface area contributed by atoms with E-state index in [9.17, 15) is 0 Å². The lowest BCUT2D eigenvalue weighted by atomic mass is 10.1. The van der Waals surface area contributed by atoms with Crippen LogP contribution in [0, 0.1) is 5.92 Å². The molecule has 0 aliphatic carbocycles. The van der Waals surface area contributed by atoms with Crippen LogP contribution in [-0.2, 0) is 6.54 Å². The first-order valence-corrected chi connectivity index (χ1v) is 7.42. The van der Waals surface area contributed by atoms with Gasteiger partial charge >= 0.3 is 0 Å². The fourth-order valence-corrected chi connectivity index (χ4v) is 2.63. The molecule has 0 bridgehead atoms. The van der Waals surface area contributed by atoms with Crippen LogP contribution < -0.4 is 5.32 Å². The topological polar surface area (TPSA) is 28.2 Å². The summed E-state index contributed by atoms with van der Waals surface area (Å²) in [4.78, 5) is 8.22. The van der Waals surface area contributed by atoms with Crippen molar-refractivity contribution in [2.24, 2.45) is 5.92 Å². The van der Waals surface area contributed by atoms with Gasteiger partial charge < -0.3 is 5.32 Å². The molecule has 0 aliphatic heterocycles. The van der Waals surface area contributed by atoms with E-state index in [1.807, 2.05) is 6.20 Å². The molecule has 1 heterocycles. The van der Waals surface area contributed by atoms with Crippen LogP contribution in [0.3, 0.4) is 0 Å². The molecule has 1 unspecified atom stereocenters. The summed E-state index contributed by atoms with van der Waals surface area (Å²) in [6, 6.07) is 0. The number of nitrogens with zero attached hydrogens (tertiary/aromatic N) is 2. The molecule has 1 aromatic heterocycles. The fraction of sp³-hybridized carbons (Fsp3) is 0.769. The van der Waals surface area contributed by atoms with Crippen LogP contribution in [0.4, 0.5) is 5.13 Å². The summed E-state index contributed by atoms with van der Waals surface area (Å²) in [7, 11) is 0. The quantitative estimate of drug-likeness (QED) is 0.771. The molecular formula is C13H25N3S. The molecule has 0 amide bonds. The van der Waals surface area contributed by atoms with Crippen molar-refractivity contribution in [3.8, 4) is 0 Å². The van der Waals surface area contributed by atoms with E-state index in [2.05, 4.69) is 42.9 Å². The highest BCUT2D eigenvalue weighted by molar-refractivity contribution is 7.15. The van der Waals surface area contributed by atoms with Crippen LogP contribution in [0.2, 0.25) is 0 Å². The molecule has 1 rings (SSSR count). The van der Waals surface area contributed by atoms with Crippen molar-refractivity contribution in [1.29, 1.82) is 0 Å². The molecule has 0 saturated heterocycles. The number of hydrogen-bond donors (Lipinski definition) is 1. The Labute approximate surface area is 109 Å². The Bertz CT molecular complexity index is 311. The van der Waals surface area contributed by atoms with Crippen molar-refractivity contribution < 1.29 is 0 Å². The third-order valence-corrected chi connectivity index (χ3v) is 3.91. The number of nitrogens with one attached hydrogen (secondary N) is 1. The zero-order chi connectivity index (χ0) is 12.7. The summed E-state index contributed by atoms with van der Waals surface area (Å²) in [6.45, 7) is 13.2. The predicted octanol–water partition coefficient (Wildman–Crippen LogP) is 3.44. The van der Waals surface area contributed by atoms with Crippen LogP contribution in [0.25, 0.3) is 0 Å². The molecule has 0 fully saturated rings. The number of rotatable bonds is 8. The van der Waals surface area contributed by atoms with Crippen molar-refractivity contribution >= 4 is 16.5 Å². The van der Waals surface area contributed by atoms with E-state index in [0.717, 1.165) is 30.7 Å². The van der Waals surface area contributed by atoms with Gasteiger partial charge in [0.1, 0.15) is 0 Å². The number of aromatic nitrogens is 1. The van der Waals surface area contributed by atoms with Gasteiger partial charge in [-0.05, 0) is 19.4 Å². The molecule has 0 saturated carbocycles. The first kappa shape index (κ1) is 14.5. The van der Waals surface area contributed by atoms with E-state index in [4.69, 9.17) is 0 Å². The standard InChI is InChI=1S/C13H25N3S/c1-5-11(4)9-16(7-3)10-12-8-15-13(17-12)14-6-2/h8,11H,5-7,9-10H2,1-4H3,(H,14,15). The second-order valence-corrected chi connectivity index (χ2v) is 5.62. The Morgan fingerprint density at radius 1 is 1.41 bits per heavy atom. The first-order valence-electron chi connectivity index (χ1n) is 6.60. The van der Waals surface area contributed by atoms with Crippen LogP contribution in [0.5, 0.6) is 0 Å². The molecule has 1 N–H and O–H groups in total. The van der Waals surface area contributed by atoms with Crippen molar-refractivity contribution in [2.45, 2.75) is 40.7 Å². The minimum atomic E-state index is 0.774. The van der Waals surface area contributed by atoms with Gasteiger partial charge in [-0.25, -0.2) is 4.98 Å². The van der Waals surface area contributed by atoms with Gasteiger partial charge in [-0.15, -0.1) is 11.3 Å². The summed E-state index contributed by atoms with van der Waals surface area (Å²) < 4.78 is 0. The highest BCUT2D eigenvalue weighted by Crippen LogP contribution is 2.20. The highest BCUT2D eigenvalue weighted by atomic mass is 32.1. The zero-order valence-electron chi connectivity index (χ0n) is 11.5. The second kappa shape index (κ2) is 7.67. The Morgan fingerprint density at radius 2 is 2.18 bits per heavy atom. The summed E-state index contributed by atoms with van der Waals surface area (Å²) in [5.41, 5.74) is 0. The molecule has 0 radical (unpaired) electrons. The largest absolute Gasteiger partial charge is 0.362 e. The summed E-state index contributed by atoms with van der Waals surface area (Å²) >= 11 is 1.77. The highest BCUT2D eigenvalue weighted by Gasteiger charge is 2.09. The molecule has 1 aromatic rings. The average Bonchev–Trinajstić information content (AvgIpc) is 2.76. The fourth-order valence-electron chi connectivity index (χ4n) is 1.71. The number of hydrogen-bond acceptors (Lipinski definition) is 4. The van der Waals surface area contributed by atoms with Gasteiger partial charge in [0.25, 0.3) is 0 Å². The van der Waals surface area contributed by atoms with Crippen molar-refractivity contribution in [2.75, 3.05) is 25.0 Å². The van der Waals surface area contributed by atoms with E-state index in [0.29, 0.717) is 0 Å². The Morgan fingerprint density at radius 3 is 2.76 bits per heavy atom. The lowest BCUT2D eigenvalue weighted by molar-refractivity contribution is 0.240. The monoisotopic (exact) mass is 255 g/mol. The molecule has 0 spiro atoms. The Kier molecular flexibility index (Phi) is 6.52. The molecule has 98 valence electrons. The molecule has 17 heavy (non-hydrogen) atoms. The van der Waals surface area contributed by atoms with E-state index in [1.165, 1.54) is 17.8 Å². The molecule has 0 aromatic carbocycles. The van der Waals surface area contributed by atoms with Crippen molar-refractivity contribution in [1.82, 2.24) is 9.88 Å². The first-order chi connectivity index (χ1) is 8.19. The van der Waals surface area contributed by atoms with E-state index < -0.39 is 0 Å². The summed E-state index contributed by atoms with van der Waals surface area (Å²) in [6.07, 6.45) is 3.25. The van der Waals surface area contributed by atoms with E-state index in [1.54, 1.807) is 11.3 Å². The van der Waals surface area contributed by atoms with Gasteiger partial charge in [0, 0.05) is 30.7 Å². The van der Waals surface area contributed by atoms with Crippen LogP contribution in [0.1, 0.15) is 39.0 Å². The van der Waals surface area contributed by atoms with Crippen LogP contribution in [-0.4, -0.2) is 29.5 Å².